The van der Waals surface area contributed by atoms with Crippen LogP contribution in [0, 0.1) is 10.1 Å². The Morgan fingerprint density at radius 1 is 0.633 bits per heavy atom. The monoisotopic (exact) mass is 392 g/mol. The highest BCUT2D eigenvalue weighted by Crippen LogP contribution is 2.27. The van der Waals surface area contributed by atoms with E-state index in [1.165, 1.54) is 12.1 Å². The van der Waals surface area contributed by atoms with Crippen molar-refractivity contribution in [1.82, 2.24) is 0 Å². The lowest BCUT2D eigenvalue weighted by atomic mass is 10.0. The van der Waals surface area contributed by atoms with Gasteiger partial charge in [-0.1, -0.05) is 60.7 Å². The molecule has 0 aliphatic rings. The van der Waals surface area contributed by atoms with Crippen molar-refractivity contribution in [2.75, 3.05) is 4.90 Å². The third-order valence-electron chi connectivity index (χ3n) is 4.81. The van der Waals surface area contributed by atoms with Crippen LogP contribution in [0.25, 0.3) is 17.2 Å². The van der Waals surface area contributed by atoms with E-state index in [2.05, 4.69) is 41.4 Å². The molecule has 0 fully saturated rings. The van der Waals surface area contributed by atoms with Gasteiger partial charge in [-0.25, -0.2) is 0 Å². The van der Waals surface area contributed by atoms with Crippen molar-refractivity contribution in [3.8, 4) is 11.1 Å². The first kappa shape index (κ1) is 19.2. The molecule has 146 valence electrons. The van der Waals surface area contributed by atoms with Gasteiger partial charge in [0.2, 0.25) is 0 Å². The van der Waals surface area contributed by atoms with E-state index in [-0.39, 0.29) is 10.6 Å². The SMILES string of the molecule is O=[N+]([O-])c1ccc(-c2ccc(C=CN(c3ccccc3)c3ccccc3)cc2)cc1. The molecule has 0 saturated heterocycles. The molecule has 4 aromatic rings. The zero-order chi connectivity index (χ0) is 20.8. The van der Waals surface area contributed by atoms with Crippen molar-refractivity contribution in [2.24, 2.45) is 0 Å². The number of rotatable bonds is 6. The highest BCUT2D eigenvalue weighted by molar-refractivity contribution is 5.71. The van der Waals surface area contributed by atoms with Crippen molar-refractivity contribution in [3.63, 3.8) is 0 Å². The summed E-state index contributed by atoms with van der Waals surface area (Å²) in [6.45, 7) is 0. The number of non-ortho nitro benzene ring substituents is 1. The van der Waals surface area contributed by atoms with Crippen LogP contribution in [0.15, 0.2) is 115 Å². The van der Waals surface area contributed by atoms with Gasteiger partial charge in [0.1, 0.15) is 0 Å². The Balaban J connectivity index is 1.57. The Hall–Kier alpha value is -4.18. The maximum Gasteiger partial charge on any atom is 0.269 e. The third-order valence-corrected chi connectivity index (χ3v) is 4.81. The lowest BCUT2D eigenvalue weighted by molar-refractivity contribution is -0.384. The minimum absolute atomic E-state index is 0.0974. The number of benzene rings is 4. The molecular weight excluding hydrogens is 372 g/mol. The van der Waals surface area contributed by atoms with Crippen LogP contribution in [0.5, 0.6) is 0 Å². The molecule has 0 unspecified atom stereocenters. The summed E-state index contributed by atoms with van der Waals surface area (Å²) in [5, 5.41) is 10.8. The predicted octanol–water partition coefficient (Wildman–Crippen LogP) is 7.07. The second kappa shape index (κ2) is 8.88. The van der Waals surface area contributed by atoms with E-state index in [9.17, 15) is 10.1 Å². The van der Waals surface area contributed by atoms with E-state index in [0.717, 1.165) is 28.1 Å². The molecule has 4 heteroatoms. The molecule has 4 aromatic carbocycles. The van der Waals surface area contributed by atoms with Gasteiger partial charge >= 0.3 is 0 Å². The van der Waals surface area contributed by atoms with Gasteiger partial charge in [-0.05, 0) is 59.2 Å². The van der Waals surface area contributed by atoms with E-state index < -0.39 is 0 Å². The Kier molecular flexibility index (Phi) is 5.67. The Labute approximate surface area is 175 Å². The molecule has 0 amide bonds. The van der Waals surface area contributed by atoms with E-state index in [0.29, 0.717) is 0 Å². The number of nitro groups is 1. The van der Waals surface area contributed by atoms with Crippen LogP contribution >= 0.6 is 0 Å². The first-order valence-corrected chi connectivity index (χ1v) is 9.63. The molecule has 0 aliphatic heterocycles. The lowest BCUT2D eigenvalue weighted by Crippen LogP contribution is -2.07. The van der Waals surface area contributed by atoms with E-state index in [1.807, 2.05) is 60.7 Å². The Morgan fingerprint density at radius 2 is 1.10 bits per heavy atom. The number of nitrogens with zero attached hydrogens (tertiary/aromatic N) is 2. The van der Waals surface area contributed by atoms with E-state index >= 15 is 0 Å². The maximum absolute atomic E-state index is 10.8. The summed E-state index contributed by atoms with van der Waals surface area (Å²) in [4.78, 5) is 12.6. The quantitative estimate of drug-likeness (QED) is 0.260. The predicted molar refractivity (Wildman–Crippen MR) is 123 cm³/mol. The average Bonchev–Trinajstić information content (AvgIpc) is 2.81. The van der Waals surface area contributed by atoms with E-state index in [4.69, 9.17) is 0 Å². The normalized spacial score (nSPS) is 10.8. The summed E-state index contributed by atoms with van der Waals surface area (Å²) in [5.74, 6) is 0. The van der Waals surface area contributed by atoms with Crippen LogP contribution in [0.3, 0.4) is 0 Å². The topological polar surface area (TPSA) is 46.4 Å². The molecule has 0 N–H and O–H groups in total. The van der Waals surface area contributed by atoms with Gasteiger partial charge < -0.3 is 4.90 Å². The van der Waals surface area contributed by atoms with Gasteiger partial charge in [-0.15, -0.1) is 0 Å². The Morgan fingerprint density at radius 3 is 1.57 bits per heavy atom. The smallest absolute Gasteiger partial charge is 0.269 e. The first-order chi connectivity index (χ1) is 14.7. The molecule has 0 aliphatic carbocycles. The second-order valence-electron chi connectivity index (χ2n) is 6.78. The van der Waals surface area contributed by atoms with Crippen LogP contribution in [0.2, 0.25) is 0 Å². The van der Waals surface area contributed by atoms with E-state index in [1.54, 1.807) is 12.1 Å². The summed E-state index contributed by atoms with van der Waals surface area (Å²) in [6, 6.07) is 35.2. The second-order valence-corrected chi connectivity index (χ2v) is 6.78. The number of para-hydroxylation sites is 2. The molecule has 30 heavy (non-hydrogen) atoms. The van der Waals surface area contributed by atoms with Crippen molar-refractivity contribution < 1.29 is 4.92 Å². The number of anilines is 2. The summed E-state index contributed by atoms with van der Waals surface area (Å²) >= 11 is 0. The first-order valence-electron chi connectivity index (χ1n) is 9.63. The van der Waals surface area contributed by atoms with Crippen molar-refractivity contribution in [2.45, 2.75) is 0 Å². The molecule has 4 rings (SSSR count). The van der Waals surface area contributed by atoms with Gasteiger partial charge in [-0.3, -0.25) is 10.1 Å². The highest BCUT2D eigenvalue weighted by atomic mass is 16.6. The molecule has 0 bridgehead atoms. The van der Waals surface area contributed by atoms with Gasteiger partial charge in [0.15, 0.2) is 0 Å². The molecule has 0 spiro atoms. The molecule has 0 heterocycles. The van der Waals surface area contributed by atoms with Crippen LogP contribution in [0.1, 0.15) is 5.56 Å². The summed E-state index contributed by atoms with van der Waals surface area (Å²) in [7, 11) is 0. The van der Waals surface area contributed by atoms with Crippen LogP contribution in [-0.2, 0) is 0 Å². The van der Waals surface area contributed by atoms with Gasteiger partial charge in [-0.2, -0.15) is 0 Å². The average molecular weight is 392 g/mol. The minimum Gasteiger partial charge on any atom is -0.317 e. The summed E-state index contributed by atoms with van der Waals surface area (Å²) < 4.78 is 0. The zero-order valence-electron chi connectivity index (χ0n) is 16.3. The fourth-order valence-electron chi connectivity index (χ4n) is 3.22. The largest absolute Gasteiger partial charge is 0.317 e. The van der Waals surface area contributed by atoms with Crippen molar-refractivity contribution >= 4 is 23.1 Å². The lowest BCUT2D eigenvalue weighted by Gasteiger charge is -2.20. The molecule has 0 saturated carbocycles. The number of hydrogen-bond donors (Lipinski definition) is 0. The summed E-state index contributed by atoms with van der Waals surface area (Å²) in [5.41, 5.74) is 5.30. The molecule has 0 radical (unpaired) electrons. The zero-order valence-corrected chi connectivity index (χ0v) is 16.3. The standard InChI is InChI=1S/C26H20N2O2/c29-28(30)26-17-15-23(16-18-26)22-13-11-21(12-14-22)19-20-27(24-7-3-1-4-8-24)25-9-5-2-6-10-25/h1-20H. The van der Waals surface area contributed by atoms with Gasteiger partial charge in [0.05, 0.1) is 4.92 Å². The maximum atomic E-state index is 10.8. The Bertz CT molecular complexity index is 1100. The number of hydrogen-bond acceptors (Lipinski definition) is 3. The number of nitro benzene ring substituents is 1. The van der Waals surface area contributed by atoms with Crippen LogP contribution in [-0.4, -0.2) is 4.92 Å². The fourth-order valence-corrected chi connectivity index (χ4v) is 3.22. The molecule has 0 aromatic heterocycles. The molecule has 0 atom stereocenters. The minimum atomic E-state index is -0.386. The van der Waals surface area contributed by atoms with Crippen LogP contribution in [0.4, 0.5) is 17.1 Å². The van der Waals surface area contributed by atoms with Gasteiger partial charge in [0, 0.05) is 29.7 Å². The van der Waals surface area contributed by atoms with Crippen molar-refractivity contribution in [3.05, 3.63) is 131 Å². The summed E-state index contributed by atoms with van der Waals surface area (Å²) in [6.07, 6.45) is 4.13. The molecule has 4 nitrogen and oxygen atoms in total. The van der Waals surface area contributed by atoms with Crippen LogP contribution < -0.4 is 4.90 Å². The third kappa shape index (κ3) is 4.45. The van der Waals surface area contributed by atoms with Crippen molar-refractivity contribution in [1.29, 1.82) is 0 Å². The molecular formula is C26H20N2O2. The highest BCUT2D eigenvalue weighted by Gasteiger charge is 2.06. The fraction of sp³-hybridized carbons (Fsp3) is 0. The van der Waals surface area contributed by atoms with Gasteiger partial charge in [0.25, 0.3) is 5.69 Å².